The van der Waals surface area contributed by atoms with Crippen LogP contribution in [0, 0.1) is 0 Å². The van der Waals surface area contributed by atoms with Crippen molar-refractivity contribution in [2.24, 2.45) is 0 Å². The second-order valence-corrected chi connectivity index (χ2v) is 6.04. The van der Waals surface area contributed by atoms with Crippen molar-refractivity contribution < 1.29 is 13.4 Å². The Labute approximate surface area is 153 Å². The van der Waals surface area contributed by atoms with Gasteiger partial charge in [0.25, 0.3) is 0 Å². The number of ether oxygens (including phenoxy) is 1. The number of amides is 2. The van der Waals surface area contributed by atoms with Gasteiger partial charge in [-0.1, -0.05) is 0 Å². The molecular formula is C16H25ClFN3O2S. The highest BCUT2D eigenvalue weighted by molar-refractivity contribution is 7.94. The van der Waals surface area contributed by atoms with E-state index in [-0.39, 0.29) is 30.6 Å². The summed E-state index contributed by atoms with van der Waals surface area (Å²) in [7, 11) is 0. The summed E-state index contributed by atoms with van der Waals surface area (Å²) in [6.07, 6.45) is 0.931. The highest BCUT2D eigenvalue weighted by atomic mass is 35.5. The first-order valence-corrected chi connectivity index (χ1v) is 8.71. The predicted molar refractivity (Wildman–Crippen MR) is 97.9 cm³/mol. The van der Waals surface area contributed by atoms with Gasteiger partial charge in [0.05, 0.1) is 18.8 Å². The summed E-state index contributed by atoms with van der Waals surface area (Å²) in [5.74, 6) is 0.767. The summed E-state index contributed by atoms with van der Waals surface area (Å²) >= 11 is 0.235. The molecule has 0 aromatic heterocycles. The van der Waals surface area contributed by atoms with E-state index in [1.165, 1.54) is 0 Å². The van der Waals surface area contributed by atoms with Crippen LogP contribution in [-0.2, 0) is 0 Å². The molecule has 8 heteroatoms. The van der Waals surface area contributed by atoms with Crippen LogP contribution in [0.1, 0.15) is 13.3 Å². The average molecular weight is 378 g/mol. The zero-order valence-electron chi connectivity index (χ0n) is 13.9. The zero-order chi connectivity index (χ0) is 16.5. The van der Waals surface area contributed by atoms with Crippen LogP contribution in [-0.4, -0.2) is 61.7 Å². The molecule has 0 saturated carbocycles. The van der Waals surface area contributed by atoms with Gasteiger partial charge in [-0.3, -0.25) is 4.90 Å². The summed E-state index contributed by atoms with van der Waals surface area (Å²) in [4.78, 5) is 16.5. The molecule has 1 heterocycles. The lowest BCUT2D eigenvalue weighted by Gasteiger charge is -2.34. The number of nitrogens with one attached hydrogen (secondary N) is 1. The minimum atomic E-state index is 0. The Hall–Kier alpha value is -1.18. The van der Waals surface area contributed by atoms with Gasteiger partial charge in [0, 0.05) is 44.2 Å². The summed E-state index contributed by atoms with van der Waals surface area (Å²) in [6.45, 7) is 7.54. The number of piperazine rings is 1. The van der Waals surface area contributed by atoms with Crippen molar-refractivity contribution in [3.8, 4) is 5.75 Å². The normalized spacial score (nSPS) is 14.8. The lowest BCUT2D eigenvalue weighted by atomic mass is 10.3. The fourth-order valence-corrected chi connectivity index (χ4v) is 2.74. The maximum Gasteiger partial charge on any atom is 0.317 e. The Morgan fingerprint density at radius 3 is 2.50 bits per heavy atom. The first-order valence-electron chi connectivity index (χ1n) is 7.99. The van der Waals surface area contributed by atoms with Crippen LogP contribution in [0.15, 0.2) is 29.2 Å². The zero-order valence-corrected chi connectivity index (χ0v) is 15.5. The maximum atomic E-state index is 12.3. The standard InChI is InChI=1S/C16H24FN3O2S.ClH/c1-2-18-16(21)20-11-9-19(10-12-20)8-3-13-22-14-4-6-15(23-17)7-5-14;/h4-7H,2-3,8-13H2,1H3,(H,18,21);1H. The molecule has 24 heavy (non-hydrogen) atoms. The number of hydrogen-bond donors (Lipinski definition) is 1. The summed E-state index contributed by atoms with van der Waals surface area (Å²) in [6, 6.07) is 7.02. The first kappa shape index (κ1) is 20.9. The Morgan fingerprint density at radius 2 is 1.92 bits per heavy atom. The Morgan fingerprint density at radius 1 is 1.25 bits per heavy atom. The lowest BCUT2D eigenvalue weighted by Crippen LogP contribution is -2.51. The molecule has 0 radical (unpaired) electrons. The first-order chi connectivity index (χ1) is 11.2. The van der Waals surface area contributed by atoms with E-state index in [2.05, 4.69) is 10.2 Å². The van der Waals surface area contributed by atoms with Crippen molar-refractivity contribution in [2.75, 3.05) is 45.9 Å². The molecule has 1 aromatic rings. The quantitative estimate of drug-likeness (QED) is 0.741. The third kappa shape index (κ3) is 6.75. The number of benzene rings is 1. The van der Waals surface area contributed by atoms with Crippen molar-refractivity contribution in [2.45, 2.75) is 18.2 Å². The molecule has 2 rings (SSSR count). The summed E-state index contributed by atoms with van der Waals surface area (Å²) < 4.78 is 18.0. The highest BCUT2D eigenvalue weighted by Gasteiger charge is 2.19. The third-order valence-electron chi connectivity index (χ3n) is 3.79. The van der Waals surface area contributed by atoms with E-state index in [0.717, 1.165) is 44.9 Å². The molecule has 136 valence electrons. The number of carbonyl (C=O) groups excluding carboxylic acids is 1. The molecule has 1 aliphatic heterocycles. The van der Waals surface area contributed by atoms with E-state index in [0.29, 0.717) is 18.0 Å². The van der Waals surface area contributed by atoms with Gasteiger partial charge in [0.1, 0.15) is 5.75 Å². The van der Waals surface area contributed by atoms with Gasteiger partial charge >= 0.3 is 6.03 Å². The minimum absolute atomic E-state index is 0. The molecule has 1 saturated heterocycles. The fourth-order valence-electron chi connectivity index (χ4n) is 2.50. The van der Waals surface area contributed by atoms with Crippen molar-refractivity contribution in [1.29, 1.82) is 0 Å². The number of hydrogen-bond acceptors (Lipinski definition) is 4. The minimum Gasteiger partial charge on any atom is -0.494 e. The average Bonchev–Trinajstić information content (AvgIpc) is 2.60. The number of nitrogens with zero attached hydrogens (tertiary/aromatic N) is 2. The largest absolute Gasteiger partial charge is 0.494 e. The Balaban J connectivity index is 0.00000288. The maximum absolute atomic E-state index is 12.3. The second kappa shape index (κ2) is 11.4. The van der Waals surface area contributed by atoms with Crippen molar-refractivity contribution in [3.63, 3.8) is 0 Å². The number of halogens is 2. The van der Waals surface area contributed by atoms with Gasteiger partial charge < -0.3 is 15.0 Å². The molecule has 1 N–H and O–H groups in total. The van der Waals surface area contributed by atoms with Crippen LogP contribution in [0.25, 0.3) is 0 Å². The van der Waals surface area contributed by atoms with Gasteiger partial charge in [-0.2, -0.15) is 3.89 Å². The molecule has 0 unspecified atom stereocenters. The van der Waals surface area contributed by atoms with E-state index in [9.17, 15) is 8.68 Å². The van der Waals surface area contributed by atoms with Crippen LogP contribution < -0.4 is 10.1 Å². The van der Waals surface area contributed by atoms with Crippen molar-refractivity contribution in [3.05, 3.63) is 24.3 Å². The monoisotopic (exact) mass is 377 g/mol. The topological polar surface area (TPSA) is 44.8 Å². The van der Waals surface area contributed by atoms with E-state index < -0.39 is 0 Å². The number of urea groups is 1. The fraction of sp³-hybridized carbons (Fsp3) is 0.562. The van der Waals surface area contributed by atoms with Crippen LogP contribution in [0.4, 0.5) is 8.68 Å². The van der Waals surface area contributed by atoms with Crippen LogP contribution in [0.5, 0.6) is 5.75 Å². The smallest absolute Gasteiger partial charge is 0.317 e. The van der Waals surface area contributed by atoms with Crippen molar-refractivity contribution >= 4 is 30.6 Å². The molecule has 2 amide bonds. The van der Waals surface area contributed by atoms with Gasteiger partial charge in [-0.25, -0.2) is 4.79 Å². The van der Waals surface area contributed by atoms with Crippen LogP contribution in [0.3, 0.4) is 0 Å². The molecule has 5 nitrogen and oxygen atoms in total. The van der Waals surface area contributed by atoms with E-state index in [1.54, 1.807) is 24.3 Å². The summed E-state index contributed by atoms with van der Waals surface area (Å²) in [5.41, 5.74) is 0. The van der Waals surface area contributed by atoms with Crippen LogP contribution in [0.2, 0.25) is 0 Å². The van der Waals surface area contributed by atoms with Gasteiger partial charge in [0.2, 0.25) is 0 Å². The molecule has 0 atom stereocenters. The van der Waals surface area contributed by atoms with Crippen molar-refractivity contribution in [1.82, 2.24) is 15.1 Å². The lowest BCUT2D eigenvalue weighted by molar-refractivity contribution is 0.134. The summed E-state index contributed by atoms with van der Waals surface area (Å²) in [5, 5.41) is 2.83. The Kier molecular flexibility index (Phi) is 9.90. The molecule has 0 aliphatic carbocycles. The molecular weight excluding hydrogens is 353 g/mol. The highest BCUT2D eigenvalue weighted by Crippen LogP contribution is 2.21. The van der Waals surface area contributed by atoms with Gasteiger partial charge in [0.15, 0.2) is 0 Å². The van der Waals surface area contributed by atoms with Gasteiger partial charge in [-0.05, 0) is 37.6 Å². The molecule has 1 aromatic carbocycles. The van der Waals surface area contributed by atoms with Gasteiger partial charge in [-0.15, -0.1) is 12.4 Å². The van der Waals surface area contributed by atoms with E-state index in [1.807, 2.05) is 11.8 Å². The molecule has 0 spiro atoms. The number of carbonyl (C=O) groups is 1. The van der Waals surface area contributed by atoms with E-state index in [4.69, 9.17) is 4.74 Å². The molecule has 1 fully saturated rings. The number of rotatable bonds is 7. The Bertz CT molecular complexity index is 485. The van der Waals surface area contributed by atoms with E-state index >= 15 is 0 Å². The molecule has 1 aliphatic rings. The van der Waals surface area contributed by atoms with Crippen LogP contribution >= 0.6 is 24.6 Å². The second-order valence-electron chi connectivity index (χ2n) is 5.41. The molecule has 0 bridgehead atoms. The predicted octanol–water partition coefficient (Wildman–Crippen LogP) is 3.20. The third-order valence-corrected chi connectivity index (χ3v) is 4.24. The SMILES string of the molecule is CCNC(=O)N1CCN(CCCOc2ccc(SF)cc2)CC1.Cl.